The third kappa shape index (κ3) is 4.52. The minimum Gasteiger partial charge on any atom is -0.456 e. The van der Waals surface area contributed by atoms with Gasteiger partial charge in [0.05, 0.1) is 23.4 Å². The zero-order valence-corrected chi connectivity index (χ0v) is 26.2. The Morgan fingerprint density at radius 3 is 2.08 bits per heavy atom. The molecule has 0 bridgehead atoms. The molecule has 0 aliphatic heterocycles. The Hall–Kier alpha value is -6.85. The van der Waals surface area contributed by atoms with Crippen molar-refractivity contribution in [3.05, 3.63) is 170 Å². The maximum atomic E-state index is 9.29. The molecular weight excluding hydrogens is 613 g/mol. The molecule has 234 valence electrons. The third-order valence-electron chi connectivity index (χ3n) is 8.89. The first-order chi connectivity index (χ1) is 28.5. The van der Waals surface area contributed by atoms with Crippen molar-refractivity contribution in [3.63, 3.8) is 0 Å². The molecule has 0 spiro atoms. The molecule has 5 heteroatoms. The molecular formula is C45H28N4O. The number of para-hydroxylation sites is 2. The van der Waals surface area contributed by atoms with Crippen molar-refractivity contribution in [1.82, 2.24) is 19.5 Å². The minimum absolute atomic E-state index is 0.0307. The van der Waals surface area contributed by atoms with Gasteiger partial charge in [-0.3, -0.25) is 4.57 Å². The summed E-state index contributed by atoms with van der Waals surface area (Å²) in [4.78, 5) is 15.2. The van der Waals surface area contributed by atoms with Gasteiger partial charge in [0, 0.05) is 32.7 Å². The fourth-order valence-electron chi connectivity index (χ4n) is 6.71. The van der Waals surface area contributed by atoms with Crippen LogP contribution in [0.25, 0.3) is 94.7 Å². The van der Waals surface area contributed by atoms with Crippen molar-refractivity contribution in [3.8, 4) is 51.0 Å². The highest BCUT2D eigenvalue weighted by Gasteiger charge is 2.21. The van der Waals surface area contributed by atoms with Crippen LogP contribution in [0, 0.1) is 0 Å². The summed E-state index contributed by atoms with van der Waals surface area (Å²) >= 11 is 0. The topological polar surface area (TPSA) is 56.7 Å². The second-order valence-corrected chi connectivity index (χ2v) is 11.8. The largest absolute Gasteiger partial charge is 0.456 e. The van der Waals surface area contributed by atoms with E-state index in [9.17, 15) is 2.74 Å². The van der Waals surface area contributed by atoms with Crippen LogP contribution in [0.1, 0.15) is 12.3 Å². The molecule has 0 radical (unpaired) electrons. The zero-order valence-electron chi connectivity index (χ0n) is 35.2. The molecule has 0 atom stereocenters. The van der Waals surface area contributed by atoms with Gasteiger partial charge in [0.25, 0.3) is 0 Å². The average molecular weight is 650 g/mol. The van der Waals surface area contributed by atoms with E-state index in [1.807, 2.05) is 97.1 Å². The van der Waals surface area contributed by atoms with E-state index in [2.05, 4.69) is 0 Å². The van der Waals surface area contributed by atoms with E-state index in [0.29, 0.717) is 27.8 Å². The van der Waals surface area contributed by atoms with Crippen molar-refractivity contribution in [1.29, 1.82) is 0 Å². The van der Waals surface area contributed by atoms with Crippen LogP contribution in [-0.2, 0) is 0 Å². The van der Waals surface area contributed by atoms with Crippen LogP contribution in [0.15, 0.2) is 174 Å². The molecule has 0 saturated heterocycles. The summed E-state index contributed by atoms with van der Waals surface area (Å²) in [5.74, 6) is 0.582. The van der Waals surface area contributed by atoms with Gasteiger partial charge < -0.3 is 4.42 Å². The van der Waals surface area contributed by atoms with E-state index in [1.54, 1.807) is 22.8 Å². The molecule has 0 N–H and O–H groups in total. The first-order valence-corrected chi connectivity index (χ1v) is 16.0. The first kappa shape index (κ1) is 20.5. The molecule has 0 aliphatic rings. The van der Waals surface area contributed by atoms with Crippen molar-refractivity contribution < 1.29 is 16.8 Å². The SMILES string of the molecule is [2H]c1c([2H])c([2H])c(-c2cccc3c2c2c([2H])c([2H])c([2H])c([2H])c2n3-c2nc(-c3cccc(-c4ccccc4)c3)nc(-c3cccc4oc5ccccc5c34)n2)c([2H])c1[2H]. The number of hydrogen-bond donors (Lipinski definition) is 0. The molecule has 10 rings (SSSR count). The summed E-state index contributed by atoms with van der Waals surface area (Å²) in [6.07, 6.45) is 0. The van der Waals surface area contributed by atoms with E-state index >= 15 is 0 Å². The molecule has 0 amide bonds. The van der Waals surface area contributed by atoms with Gasteiger partial charge in [-0.15, -0.1) is 0 Å². The quantitative estimate of drug-likeness (QED) is 0.186. The Balaban J connectivity index is 1.35. The molecule has 3 heterocycles. The number of fused-ring (bicyclic) bond motifs is 6. The lowest BCUT2D eigenvalue weighted by atomic mass is 9.99. The smallest absolute Gasteiger partial charge is 0.238 e. The summed E-state index contributed by atoms with van der Waals surface area (Å²) in [7, 11) is 0. The van der Waals surface area contributed by atoms with Gasteiger partial charge in [-0.1, -0.05) is 139 Å². The molecule has 0 aliphatic carbocycles. The van der Waals surface area contributed by atoms with Crippen LogP contribution >= 0.6 is 0 Å². The Bertz CT molecular complexity index is 3370. The van der Waals surface area contributed by atoms with Crippen LogP contribution < -0.4 is 0 Å². The Morgan fingerprint density at radius 2 is 1.16 bits per heavy atom. The molecule has 5 nitrogen and oxygen atoms in total. The summed E-state index contributed by atoms with van der Waals surface area (Å²) in [6, 6.07) is 31.6. The Morgan fingerprint density at radius 1 is 0.460 bits per heavy atom. The normalized spacial score (nSPS) is 14.1. The first-order valence-electron chi connectivity index (χ1n) is 20.5. The van der Waals surface area contributed by atoms with Crippen LogP contribution in [0.4, 0.5) is 0 Å². The number of nitrogens with zero attached hydrogens (tertiary/aromatic N) is 4. The standard InChI is InChI=1S/C45H28N4O/c1-3-14-29(15-4-1)31-18-11-19-32(28-31)43-46-44(36-23-13-27-40-42(36)35-21-8-10-26-39(35)50-40)48-45(47-43)49-37-24-9-7-20-34(37)41-33(22-12-25-38(41)49)30-16-5-2-6-17-30/h1-28H/i2D,5D,6D,7D,9D,16D,17D,20D,24D. The van der Waals surface area contributed by atoms with Crippen LogP contribution in [-0.4, -0.2) is 19.5 Å². The lowest BCUT2D eigenvalue weighted by molar-refractivity contribution is 0.669. The van der Waals surface area contributed by atoms with Crippen LogP contribution in [0.2, 0.25) is 0 Å². The van der Waals surface area contributed by atoms with Gasteiger partial charge in [-0.05, 0) is 52.6 Å². The molecule has 0 fully saturated rings. The van der Waals surface area contributed by atoms with Gasteiger partial charge in [-0.25, -0.2) is 4.98 Å². The van der Waals surface area contributed by atoms with E-state index in [4.69, 9.17) is 29.0 Å². The number of hydrogen-bond acceptors (Lipinski definition) is 4. The van der Waals surface area contributed by atoms with E-state index < -0.39 is 42.3 Å². The lowest BCUT2D eigenvalue weighted by Crippen LogP contribution is -2.06. The molecule has 7 aromatic carbocycles. The predicted molar refractivity (Wildman–Crippen MR) is 203 cm³/mol. The van der Waals surface area contributed by atoms with Gasteiger partial charge in [0.2, 0.25) is 5.95 Å². The molecule has 0 unspecified atom stereocenters. The maximum absolute atomic E-state index is 9.29. The summed E-state index contributed by atoms with van der Waals surface area (Å²) < 4.78 is 86.6. The third-order valence-corrected chi connectivity index (χ3v) is 8.89. The zero-order chi connectivity index (χ0) is 40.9. The number of furan rings is 1. The van der Waals surface area contributed by atoms with Crippen LogP contribution in [0.5, 0.6) is 0 Å². The summed E-state index contributed by atoms with van der Waals surface area (Å²) in [5.41, 5.74) is 4.94. The molecule has 3 aromatic heterocycles. The van der Waals surface area contributed by atoms with Gasteiger partial charge in [0.15, 0.2) is 11.6 Å². The molecule has 0 saturated carbocycles. The summed E-state index contributed by atoms with van der Waals surface area (Å²) in [6.45, 7) is 0. The average Bonchev–Trinajstić information content (AvgIpc) is 3.83. The highest BCUT2D eigenvalue weighted by molar-refractivity contribution is 6.16. The van der Waals surface area contributed by atoms with Crippen molar-refractivity contribution >= 4 is 43.7 Å². The molecule has 50 heavy (non-hydrogen) atoms. The van der Waals surface area contributed by atoms with Gasteiger partial charge >= 0.3 is 0 Å². The molecule has 10 aromatic rings. The van der Waals surface area contributed by atoms with Gasteiger partial charge in [-0.2, -0.15) is 9.97 Å². The van der Waals surface area contributed by atoms with Crippen LogP contribution in [0.3, 0.4) is 0 Å². The number of aromatic nitrogens is 4. The minimum atomic E-state index is -0.553. The van der Waals surface area contributed by atoms with Gasteiger partial charge in [0.1, 0.15) is 11.2 Å². The second kappa shape index (κ2) is 11.4. The monoisotopic (exact) mass is 649 g/mol. The highest BCUT2D eigenvalue weighted by Crippen LogP contribution is 2.40. The van der Waals surface area contributed by atoms with Crippen molar-refractivity contribution in [2.45, 2.75) is 0 Å². The fraction of sp³-hybridized carbons (Fsp3) is 0. The summed E-state index contributed by atoms with van der Waals surface area (Å²) in [5, 5.41) is 1.94. The Kier molecular flexibility index (Phi) is 4.67. The number of benzene rings is 7. The fourth-order valence-corrected chi connectivity index (χ4v) is 6.71. The predicted octanol–water partition coefficient (Wildman–Crippen LogP) is 11.5. The van der Waals surface area contributed by atoms with E-state index in [0.717, 1.165) is 21.9 Å². The number of rotatable bonds is 5. The van der Waals surface area contributed by atoms with Crippen molar-refractivity contribution in [2.75, 3.05) is 0 Å². The van der Waals surface area contributed by atoms with E-state index in [1.165, 1.54) is 0 Å². The highest BCUT2D eigenvalue weighted by atomic mass is 16.3. The maximum Gasteiger partial charge on any atom is 0.238 e. The van der Waals surface area contributed by atoms with E-state index in [-0.39, 0.29) is 57.1 Å². The van der Waals surface area contributed by atoms with Crippen molar-refractivity contribution in [2.24, 2.45) is 0 Å². The Labute approximate surface area is 300 Å². The lowest BCUT2D eigenvalue weighted by Gasteiger charge is -2.12. The second-order valence-electron chi connectivity index (χ2n) is 11.8.